The number of rotatable bonds is 5. The second-order valence-electron chi connectivity index (χ2n) is 4.54. The number of carbonyl (C=O) groups is 1. The number of methoxy groups -OCH3 is 1. The highest BCUT2D eigenvalue weighted by atomic mass is 19.4. The Bertz CT molecular complexity index is 666. The average Bonchev–Trinajstić information content (AvgIpc) is 2.52. The first-order valence-corrected chi connectivity index (χ1v) is 6.35. The minimum atomic E-state index is -4.42. The van der Waals surface area contributed by atoms with Gasteiger partial charge in [-0.05, 0) is 29.3 Å². The standard InChI is InChI=1S/C16H13F3O3/c1-21-14-6-13(12-4-2-3-11(5-12)9-20)7-15(8-14)22-10-16(17,18)19/h2-9H,10H2,1H3. The predicted octanol–water partition coefficient (Wildman–Crippen LogP) is 4.12. The normalized spacial score (nSPS) is 11.1. The van der Waals surface area contributed by atoms with Crippen LogP contribution in [0.15, 0.2) is 42.5 Å². The summed E-state index contributed by atoms with van der Waals surface area (Å²) in [6.07, 6.45) is -3.72. The van der Waals surface area contributed by atoms with E-state index in [9.17, 15) is 18.0 Å². The van der Waals surface area contributed by atoms with Crippen LogP contribution >= 0.6 is 0 Å². The van der Waals surface area contributed by atoms with Gasteiger partial charge in [0, 0.05) is 11.6 Å². The molecule has 0 amide bonds. The lowest BCUT2D eigenvalue weighted by molar-refractivity contribution is -0.153. The molecule has 0 aliphatic rings. The van der Waals surface area contributed by atoms with Crippen LogP contribution in [-0.2, 0) is 0 Å². The number of halogens is 3. The monoisotopic (exact) mass is 310 g/mol. The van der Waals surface area contributed by atoms with Gasteiger partial charge in [0.25, 0.3) is 0 Å². The molecular weight excluding hydrogens is 297 g/mol. The molecule has 0 spiro atoms. The fourth-order valence-corrected chi connectivity index (χ4v) is 1.90. The van der Waals surface area contributed by atoms with Crippen molar-refractivity contribution in [2.75, 3.05) is 13.7 Å². The minimum Gasteiger partial charge on any atom is -0.497 e. The molecule has 2 aromatic carbocycles. The van der Waals surface area contributed by atoms with Gasteiger partial charge >= 0.3 is 6.18 Å². The van der Waals surface area contributed by atoms with Gasteiger partial charge in [0.2, 0.25) is 0 Å². The van der Waals surface area contributed by atoms with E-state index in [4.69, 9.17) is 9.47 Å². The van der Waals surface area contributed by atoms with Crippen LogP contribution in [0.3, 0.4) is 0 Å². The second-order valence-corrected chi connectivity index (χ2v) is 4.54. The Morgan fingerprint density at radius 1 is 1.05 bits per heavy atom. The van der Waals surface area contributed by atoms with Gasteiger partial charge in [0.1, 0.15) is 17.8 Å². The van der Waals surface area contributed by atoms with E-state index in [1.165, 1.54) is 19.2 Å². The fraction of sp³-hybridized carbons (Fsp3) is 0.188. The van der Waals surface area contributed by atoms with E-state index >= 15 is 0 Å². The highest BCUT2D eigenvalue weighted by Crippen LogP contribution is 2.31. The molecule has 0 heterocycles. The molecule has 0 N–H and O–H groups in total. The van der Waals surface area contributed by atoms with Gasteiger partial charge < -0.3 is 9.47 Å². The van der Waals surface area contributed by atoms with Gasteiger partial charge in [0.05, 0.1) is 7.11 Å². The Morgan fingerprint density at radius 3 is 2.41 bits per heavy atom. The molecule has 0 saturated carbocycles. The molecule has 0 atom stereocenters. The SMILES string of the molecule is COc1cc(OCC(F)(F)F)cc(-c2cccc(C=O)c2)c1. The third kappa shape index (κ3) is 4.25. The summed E-state index contributed by atoms with van der Waals surface area (Å²) >= 11 is 0. The second kappa shape index (κ2) is 6.51. The maximum absolute atomic E-state index is 12.3. The van der Waals surface area contributed by atoms with Crippen LogP contribution in [0.2, 0.25) is 0 Å². The van der Waals surface area contributed by atoms with Gasteiger partial charge in [0.15, 0.2) is 6.61 Å². The summed E-state index contributed by atoms with van der Waals surface area (Å²) in [6.45, 7) is -1.38. The minimum absolute atomic E-state index is 0.0446. The van der Waals surface area contributed by atoms with Crippen molar-refractivity contribution < 1.29 is 27.4 Å². The van der Waals surface area contributed by atoms with E-state index in [0.717, 1.165) is 0 Å². The van der Waals surface area contributed by atoms with E-state index < -0.39 is 12.8 Å². The van der Waals surface area contributed by atoms with Gasteiger partial charge in [-0.15, -0.1) is 0 Å². The smallest absolute Gasteiger partial charge is 0.422 e. The van der Waals surface area contributed by atoms with Crippen LogP contribution in [0, 0.1) is 0 Å². The summed E-state index contributed by atoms with van der Waals surface area (Å²) in [7, 11) is 1.41. The molecule has 116 valence electrons. The number of alkyl halides is 3. The number of hydrogen-bond donors (Lipinski definition) is 0. The Morgan fingerprint density at radius 2 is 1.77 bits per heavy atom. The lowest BCUT2D eigenvalue weighted by atomic mass is 10.0. The molecule has 0 aliphatic carbocycles. The molecular formula is C16H13F3O3. The topological polar surface area (TPSA) is 35.5 Å². The number of hydrogen-bond acceptors (Lipinski definition) is 3. The molecule has 0 fully saturated rings. The van der Waals surface area contributed by atoms with E-state index in [1.807, 2.05) is 0 Å². The molecule has 0 aliphatic heterocycles. The van der Waals surface area contributed by atoms with Crippen molar-refractivity contribution in [3.8, 4) is 22.6 Å². The molecule has 0 radical (unpaired) electrons. The summed E-state index contributed by atoms with van der Waals surface area (Å²) in [6, 6.07) is 11.2. The molecule has 2 aromatic rings. The Hall–Kier alpha value is -2.50. The van der Waals surface area contributed by atoms with Crippen LogP contribution < -0.4 is 9.47 Å². The van der Waals surface area contributed by atoms with Gasteiger partial charge in [-0.2, -0.15) is 13.2 Å². The van der Waals surface area contributed by atoms with Crippen molar-refractivity contribution >= 4 is 6.29 Å². The van der Waals surface area contributed by atoms with Gasteiger partial charge in [-0.25, -0.2) is 0 Å². The Labute approximate surface area is 125 Å². The third-order valence-corrected chi connectivity index (χ3v) is 2.87. The molecule has 6 heteroatoms. The molecule has 0 saturated heterocycles. The average molecular weight is 310 g/mol. The highest BCUT2D eigenvalue weighted by Gasteiger charge is 2.28. The highest BCUT2D eigenvalue weighted by molar-refractivity contribution is 5.79. The van der Waals surface area contributed by atoms with Crippen LogP contribution in [-0.4, -0.2) is 26.2 Å². The van der Waals surface area contributed by atoms with Crippen LogP contribution in [0.5, 0.6) is 11.5 Å². The summed E-state index contributed by atoms with van der Waals surface area (Å²) < 4.78 is 46.6. The summed E-state index contributed by atoms with van der Waals surface area (Å²) in [5.41, 5.74) is 1.75. The first kappa shape index (κ1) is 15.9. The molecule has 3 nitrogen and oxygen atoms in total. The summed E-state index contributed by atoms with van der Waals surface area (Å²) in [5, 5.41) is 0. The zero-order valence-electron chi connectivity index (χ0n) is 11.7. The molecule has 22 heavy (non-hydrogen) atoms. The molecule has 2 rings (SSSR count). The van der Waals surface area contributed by atoms with Crippen molar-refractivity contribution in [2.24, 2.45) is 0 Å². The van der Waals surface area contributed by atoms with Crippen molar-refractivity contribution in [1.82, 2.24) is 0 Å². The van der Waals surface area contributed by atoms with E-state index in [2.05, 4.69) is 0 Å². The van der Waals surface area contributed by atoms with Gasteiger partial charge in [-0.1, -0.05) is 18.2 Å². The largest absolute Gasteiger partial charge is 0.497 e. The van der Waals surface area contributed by atoms with Crippen LogP contribution in [0.4, 0.5) is 13.2 Å². The quantitative estimate of drug-likeness (QED) is 0.779. The van der Waals surface area contributed by atoms with Crippen LogP contribution in [0.1, 0.15) is 10.4 Å². The number of benzene rings is 2. The number of aldehydes is 1. The number of carbonyl (C=O) groups excluding carboxylic acids is 1. The predicted molar refractivity (Wildman–Crippen MR) is 75.4 cm³/mol. The zero-order valence-corrected chi connectivity index (χ0v) is 11.7. The van der Waals surface area contributed by atoms with Crippen LogP contribution in [0.25, 0.3) is 11.1 Å². The third-order valence-electron chi connectivity index (χ3n) is 2.87. The first-order valence-electron chi connectivity index (χ1n) is 6.35. The Kier molecular flexibility index (Phi) is 4.70. The summed E-state index contributed by atoms with van der Waals surface area (Å²) in [4.78, 5) is 10.8. The zero-order chi connectivity index (χ0) is 16.2. The van der Waals surface area contributed by atoms with Gasteiger partial charge in [-0.3, -0.25) is 4.79 Å². The maximum Gasteiger partial charge on any atom is 0.422 e. The maximum atomic E-state index is 12.3. The van der Waals surface area contributed by atoms with Crippen molar-refractivity contribution in [3.05, 3.63) is 48.0 Å². The lowest BCUT2D eigenvalue weighted by Crippen LogP contribution is -2.19. The van der Waals surface area contributed by atoms with Crippen molar-refractivity contribution in [1.29, 1.82) is 0 Å². The molecule has 0 aromatic heterocycles. The van der Waals surface area contributed by atoms with Crippen molar-refractivity contribution in [2.45, 2.75) is 6.18 Å². The number of ether oxygens (including phenoxy) is 2. The van der Waals surface area contributed by atoms with E-state index in [-0.39, 0.29) is 5.75 Å². The Balaban J connectivity index is 2.36. The lowest BCUT2D eigenvalue weighted by Gasteiger charge is -2.12. The van der Waals surface area contributed by atoms with E-state index in [0.29, 0.717) is 28.7 Å². The molecule has 0 unspecified atom stereocenters. The fourth-order valence-electron chi connectivity index (χ4n) is 1.90. The summed E-state index contributed by atoms with van der Waals surface area (Å²) in [5.74, 6) is 0.411. The van der Waals surface area contributed by atoms with Crippen molar-refractivity contribution in [3.63, 3.8) is 0 Å². The molecule has 0 bridgehead atoms. The first-order chi connectivity index (χ1) is 10.4. The van der Waals surface area contributed by atoms with E-state index in [1.54, 1.807) is 30.3 Å².